The Morgan fingerprint density at radius 2 is 1.68 bits per heavy atom. The molecule has 5 nitrogen and oxygen atoms in total. The van der Waals surface area contributed by atoms with Crippen molar-refractivity contribution in [1.29, 1.82) is 0 Å². The zero-order valence-corrected chi connectivity index (χ0v) is 21.8. The summed E-state index contributed by atoms with van der Waals surface area (Å²) in [6, 6.07) is 15.1. The molecule has 0 bridgehead atoms. The number of fused-ring (bicyclic) bond motifs is 1. The van der Waals surface area contributed by atoms with Crippen LogP contribution in [0.5, 0.6) is 0 Å². The van der Waals surface area contributed by atoms with Crippen molar-refractivity contribution in [3.63, 3.8) is 0 Å². The molecule has 0 aliphatic carbocycles. The first-order valence-corrected chi connectivity index (χ1v) is 12.5. The van der Waals surface area contributed by atoms with E-state index >= 15 is 0 Å². The standard InChI is InChI=1S/C29H39N3O2/c1-8-22-14-16-23(17-15-22)32-27(30-25-13-11-10-12-24(25)28(32)34)21(4)31(9-2)26(33)18-20(3)19-29(5,6)7/h10-17,20-21H,8-9,18-19H2,1-7H3. The quantitative estimate of drug-likeness (QED) is 0.394. The van der Waals surface area contributed by atoms with Crippen LogP contribution < -0.4 is 5.56 Å². The van der Waals surface area contributed by atoms with Crippen LogP contribution in [0.2, 0.25) is 0 Å². The number of hydrogen-bond acceptors (Lipinski definition) is 3. The number of aryl methyl sites for hydroxylation is 1. The number of rotatable bonds is 8. The lowest BCUT2D eigenvalue weighted by atomic mass is 9.84. The van der Waals surface area contributed by atoms with Crippen LogP contribution in [0.1, 0.15) is 78.7 Å². The lowest BCUT2D eigenvalue weighted by Gasteiger charge is -2.31. The third-order valence-electron chi connectivity index (χ3n) is 6.39. The minimum atomic E-state index is -0.345. The summed E-state index contributed by atoms with van der Waals surface area (Å²) < 4.78 is 1.68. The van der Waals surface area contributed by atoms with Gasteiger partial charge in [-0.3, -0.25) is 14.2 Å². The molecule has 1 amide bonds. The average molecular weight is 462 g/mol. The van der Waals surface area contributed by atoms with E-state index in [2.05, 4.69) is 34.6 Å². The summed E-state index contributed by atoms with van der Waals surface area (Å²) in [6.07, 6.45) is 2.39. The van der Waals surface area contributed by atoms with Gasteiger partial charge in [0.05, 0.1) is 22.6 Å². The maximum absolute atomic E-state index is 13.6. The Morgan fingerprint density at radius 3 is 2.26 bits per heavy atom. The fourth-order valence-electron chi connectivity index (χ4n) is 4.90. The van der Waals surface area contributed by atoms with Gasteiger partial charge in [0.15, 0.2) is 0 Å². The van der Waals surface area contributed by atoms with E-state index in [1.165, 1.54) is 5.56 Å². The van der Waals surface area contributed by atoms with Gasteiger partial charge in [-0.2, -0.15) is 0 Å². The summed E-state index contributed by atoms with van der Waals surface area (Å²) in [6.45, 7) is 15.4. The Kier molecular flexibility index (Phi) is 7.96. The highest BCUT2D eigenvalue weighted by atomic mass is 16.2. The summed E-state index contributed by atoms with van der Waals surface area (Å²) >= 11 is 0. The van der Waals surface area contributed by atoms with Gasteiger partial charge in [0.2, 0.25) is 5.91 Å². The van der Waals surface area contributed by atoms with Crippen molar-refractivity contribution in [2.75, 3.05) is 6.54 Å². The van der Waals surface area contributed by atoms with E-state index in [0.717, 1.165) is 18.5 Å². The summed E-state index contributed by atoms with van der Waals surface area (Å²) in [7, 11) is 0. The number of amides is 1. The number of hydrogen-bond donors (Lipinski definition) is 0. The maximum Gasteiger partial charge on any atom is 0.266 e. The number of benzene rings is 2. The monoisotopic (exact) mass is 461 g/mol. The molecule has 0 aliphatic rings. The lowest BCUT2D eigenvalue weighted by molar-refractivity contribution is -0.134. The van der Waals surface area contributed by atoms with Crippen LogP contribution in [0.3, 0.4) is 0 Å². The van der Waals surface area contributed by atoms with Gasteiger partial charge in [-0.25, -0.2) is 4.98 Å². The minimum Gasteiger partial charge on any atom is -0.333 e. The van der Waals surface area contributed by atoms with Gasteiger partial charge in [0.25, 0.3) is 5.56 Å². The molecule has 3 aromatic rings. The van der Waals surface area contributed by atoms with Crippen molar-refractivity contribution in [3.8, 4) is 5.69 Å². The smallest absolute Gasteiger partial charge is 0.266 e. The average Bonchev–Trinajstić information content (AvgIpc) is 2.78. The molecule has 2 aromatic carbocycles. The molecule has 1 heterocycles. The van der Waals surface area contributed by atoms with E-state index in [9.17, 15) is 9.59 Å². The Labute approximate surface area is 203 Å². The normalized spacial score (nSPS) is 13.6. The molecule has 0 spiro atoms. The zero-order valence-electron chi connectivity index (χ0n) is 21.8. The Balaban J connectivity index is 2.07. The van der Waals surface area contributed by atoms with Gasteiger partial charge < -0.3 is 4.90 Å². The van der Waals surface area contributed by atoms with Gasteiger partial charge in [-0.1, -0.05) is 58.9 Å². The van der Waals surface area contributed by atoms with Gasteiger partial charge in [0, 0.05) is 13.0 Å². The highest BCUT2D eigenvalue weighted by Crippen LogP contribution is 2.28. The predicted molar refractivity (Wildman–Crippen MR) is 140 cm³/mol. The molecule has 1 aromatic heterocycles. The van der Waals surface area contributed by atoms with Crippen molar-refractivity contribution >= 4 is 16.8 Å². The van der Waals surface area contributed by atoms with Gasteiger partial charge in [0.1, 0.15) is 5.82 Å². The van der Waals surface area contributed by atoms with Crippen LogP contribution in [0.4, 0.5) is 0 Å². The van der Waals surface area contributed by atoms with Crippen molar-refractivity contribution in [3.05, 3.63) is 70.3 Å². The van der Waals surface area contributed by atoms with Gasteiger partial charge in [-0.15, -0.1) is 0 Å². The van der Waals surface area contributed by atoms with Crippen molar-refractivity contribution in [2.45, 2.75) is 73.8 Å². The largest absolute Gasteiger partial charge is 0.333 e. The van der Waals surface area contributed by atoms with Crippen molar-refractivity contribution in [1.82, 2.24) is 14.5 Å². The van der Waals surface area contributed by atoms with Crippen LogP contribution in [-0.2, 0) is 11.2 Å². The van der Waals surface area contributed by atoms with Crippen LogP contribution >= 0.6 is 0 Å². The number of para-hydroxylation sites is 1. The molecule has 0 saturated carbocycles. The Bertz CT molecular complexity index is 1190. The first-order chi connectivity index (χ1) is 16.1. The second-order valence-electron chi connectivity index (χ2n) is 10.6. The lowest BCUT2D eigenvalue weighted by Crippen LogP contribution is -2.38. The summed E-state index contributed by atoms with van der Waals surface area (Å²) in [4.78, 5) is 33.8. The first kappa shape index (κ1) is 25.7. The van der Waals surface area contributed by atoms with Gasteiger partial charge in [-0.05, 0) is 67.9 Å². The minimum absolute atomic E-state index is 0.0991. The summed E-state index contributed by atoms with van der Waals surface area (Å²) in [5.74, 6) is 0.968. The fraction of sp³-hybridized carbons (Fsp3) is 0.483. The number of nitrogens with zero attached hydrogens (tertiary/aromatic N) is 3. The molecule has 34 heavy (non-hydrogen) atoms. The first-order valence-electron chi connectivity index (χ1n) is 12.5. The van der Waals surface area contributed by atoms with E-state index < -0.39 is 0 Å². The van der Waals surface area contributed by atoms with E-state index in [1.807, 2.05) is 67.3 Å². The maximum atomic E-state index is 13.6. The predicted octanol–water partition coefficient (Wildman–Crippen LogP) is 6.32. The Morgan fingerprint density at radius 1 is 1.03 bits per heavy atom. The van der Waals surface area contributed by atoms with Crippen LogP contribution in [0.15, 0.2) is 53.3 Å². The van der Waals surface area contributed by atoms with E-state index in [0.29, 0.717) is 29.7 Å². The molecular formula is C29H39N3O2. The topological polar surface area (TPSA) is 55.2 Å². The summed E-state index contributed by atoms with van der Waals surface area (Å²) in [5.41, 5.74) is 2.69. The molecular weight excluding hydrogens is 422 g/mol. The van der Waals surface area contributed by atoms with Crippen LogP contribution in [0.25, 0.3) is 16.6 Å². The molecule has 0 saturated heterocycles. The molecule has 0 fully saturated rings. The molecule has 0 aliphatic heterocycles. The Hall–Kier alpha value is -2.95. The van der Waals surface area contributed by atoms with Crippen LogP contribution in [-0.4, -0.2) is 26.9 Å². The SMILES string of the molecule is CCc1ccc(-n2c(C(C)N(CC)C(=O)CC(C)CC(C)(C)C)nc3ccccc3c2=O)cc1. The van der Waals surface area contributed by atoms with Crippen molar-refractivity contribution in [2.24, 2.45) is 11.3 Å². The molecule has 2 atom stereocenters. The number of carbonyl (C=O) groups excluding carboxylic acids is 1. The summed E-state index contributed by atoms with van der Waals surface area (Å²) in [5, 5.41) is 0.575. The molecule has 0 radical (unpaired) electrons. The van der Waals surface area contributed by atoms with E-state index in [4.69, 9.17) is 4.98 Å². The van der Waals surface area contributed by atoms with Crippen molar-refractivity contribution < 1.29 is 4.79 Å². The third kappa shape index (κ3) is 5.75. The van der Waals surface area contributed by atoms with Gasteiger partial charge >= 0.3 is 0 Å². The third-order valence-corrected chi connectivity index (χ3v) is 6.39. The van der Waals surface area contributed by atoms with E-state index in [-0.39, 0.29) is 28.8 Å². The second-order valence-corrected chi connectivity index (χ2v) is 10.6. The highest BCUT2D eigenvalue weighted by molar-refractivity contribution is 5.79. The number of carbonyl (C=O) groups is 1. The highest BCUT2D eigenvalue weighted by Gasteiger charge is 2.27. The van der Waals surface area contributed by atoms with Crippen LogP contribution in [0, 0.1) is 11.3 Å². The number of aromatic nitrogens is 2. The molecule has 3 rings (SSSR count). The zero-order chi connectivity index (χ0) is 25.0. The van der Waals surface area contributed by atoms with E-state index in [1.54, 1.807) is 4.57 Å². The molecule has 0 N–H and O–H groups in total. The molecule has 182 valence electrons. The molecule has 5 heteroatoms. The molecule has 2 unspecified atom stereocenters. The second kappa shape index (κ2) is 10.5. The fourth-order valence-corrected chi connectivity index (χ4v) is 4.90.